The molecule has 6 heteroatoms. The molecule has 2 aromatic rings. The molecule has 0 saturated carbocycles. The molecule has 0 aliphatic heterocycles. The molecule has 1 aromatic heterocycles. The van der Waals surface area contributed by atoms with Crippen LogP contribution in [-0.2, 0) is 17.9 Å². The number of hydrogen-bond donors (Lipinski definition) is 1. The summed E-state index contributed by atoms with van der Waals surface area (Å²) >= 11 is 1.70. The van der Waals surface area contributed by atoms with Gasteiger partial charge in [-0.3, -0.25) is 4.79 Å². The summed E-state index contributed by atoms with van der Waals surface area (Å²) in [6.45, 7) is 12.8. The molecule has 1 N–H and O–H groups in total. The highest BCUT2D eigenvalue weighted by molar-refractivity contribution is 7.11. The molecule has 5 nitrogen and oxygen atoms in total. The van der Waals surface area contributed by atoms with Crippen molar-refractivity contribution in [3.05, 3.63) is 57.8 Å². The Morgan fingerprint density at radius 1 is 1.03 bits per heavy atom. The van der Waals surface area contributed by atoms with Gasteiger partial charge in [-0.05, 0) is 59.2 Å². The molecule has 0 aliphatic rings. The van der Waals surface area contributed by atoms with Gasteiger partial charge < -0.3 is 15.1 Å². The average Bonchev–Trinajstić information content (AvgIpc) is 3.02. The number of aryl methyl sites for hydroxylation is 1. The summed E-state index contributed by atoms with van der Waals surface area (Å²) < 4.78 is 0. The first-order valence-corrected chi connectivity index (χ1v) is 10.8. The lowest BCUT2D eigenvalue weighted by Gasteiger charge is -2.32. The monoisotopic (exact) mass is 415 g/mol. The molecule has 0 atom stereocenters. The quantitative estimate of drug-likeness (QED) is 0.706. The number of nitrogens with one attached hydrogen (secondary N) is 1. The van der Waals surface area contributed by atoms with Gasteiger partial charge >= 0.3 is 6.03 Å². The van der Waals surface area contributed by atoms with E-state index in [1.54, 1.807) is 16.2 Å². The van der Waals surface area contributed by atoms with E-state index >= 15 is 0 Å². The number of amides is 3. The largest absolute Gasteiger partial charge is 0.333 e. The molecule has 1 aromatic carbocycles. The van der Waals surface area contributed by atoms with Gasteiger partial charge in [0, 0.05) is 27.9 Å². The SMILES string of the molecule is Cc1ccc(CN(Cc2ccccc2)C(=O)CN(C(=O)NC(C)(C)C)C(C)C)s1. The summed E-state index contributed by atoms with van der Waals surface area (Å²) in [7, 11) is 0. The Morgan fingerprint density at radius 2 is 1.69 bits per heavy atom. The van der Waals surface area contributed by atoms with Gasteiger partial charge in [-0.2, -0.15) is 0 Å². The van der Waals surface area contributed by atoms with Crippen molar-refractivity contribution in [3.8, 4) is 0 Å². The third kappa shape index (κ3) is 7.54. The molecule has 0 spiro atoms. The van der Waals surface area contributed by atoms with Crippen molar-refractivity contribution in [1.29, 1.82) is 0 Å². The number of benzene rings is 1. The predicted molar refractivity (Wildman–Crippen MR) is 120 cm³/mol. The van der Waals surface area contributed by atoms with Crippen LogP contribution in [0.4, 0.5) is 4.79 Å². The summed E-state index contributed by atoms with van der Waals surface area (Å²) in [6, 6.07) is 13.8. The maximum Gasteiger partial charge on any atom is 0.318 e. The number of nitrogens with zero attached hydrogens (tertiary/aromatic N) is 2. The van der Waals surface area contributed by atoms with E-state index in [-0.39, 0.29) is 30.1 Å². The van der Waals surface area contributed by atoms with Crippen molar-refractivity contribution < 1.29 is 9.59 Å². The Morgan fingerprint density at radius 3 is 2.21 bits per heavy atom. The number of hydrogen-bond acceptors (Lipinski definition) is 3. The van der Waals surface area contributed by atoms with E-state index in [1.807, 2.05) is 69.9 Å². The number of carbonyl (C=O) groups excluding carboxylic acids is 2. The highest BCUT2D eigenvalue weighted by Crippen LogP contribution is 2.19. The minimum atomic E-state index is -0.356. The fourth-order valence-electron chi connectivity index (χ4n) is 2.92. The smallest absolute Gasteiger partial charge is 0.318 e. The van der Waals surface area contributed by atoms with Crippen LogP contribution in [0, 0.1) is 6.92 Å². The standard InChI is InChI=1S/C23H33N3O2S/c1-17(2)26(22(28)24-23(4,5)6)16-21(27)25(14-19-10-8-7-9-11-19)15-20-13-12-18(3)29-20/h7-13,17H,14-16H2,1-6H3,(H,24,28). The van der Waals surface area contributed by atoms with Crippen LogP contribution in [0.1, 0.15) is 49.9 Å². The molecule has 0 radical (unpaired) electrons. The molecular formula is C23H33N3O2S. The topological polar surface area (TPSA) is 52.7 Å². The second-order valence-electron chi connectivity index (χ2n) is 8.65. The van der Waals surface area contributed by atoms with Gasteiger partial charge in [0.1, 0.15) is 6.54 Å². The van der Waals surface area contributed by atoms with Crippen molar-refractivity contribution in [3.63, 3.8) is 0 Å². The van der Waals surface area contributed by atoms with E-state index in [2.05, 4.69) is 24.4 Å². The van der Waals surface area contributed by atoms with Crippen LogP contribution in [0.2, 0.25) is 0 Å². The van der Waals surface area contributed by atoms with Crippen LogP contribution < -0.4 is 5.32 Å². The van der Waals surface area contributed by atoms with Crippen molar-refractivity contribution in [2.45, 2.75) is 66.2 Å². The first-order chi connectivity index (χ1) is 13.5. The van der Waals surface area contributed by atoms with Gasteiger partial charge in [0.25, 0.3) is 0 Å². The number of carbonyl (C=O) groups is 2. The predicted octanol–water partition coefficient (Wildman–Crippen LogP) is 4.80. The average molecular weight is 416 g/mol. The van der Waals surface area contributed by atoms with Crippen LogP contribution >= 0.6 is 11.3 Å². The fourth-order valence-corrected chi connectivity index (χ4v) is 3.83. The third-order valence-electron chi connectivity index (χ3n) is 4.38. The van der Waals surface area contributed by atoms with E-state index in [0.29, 0.717) is 13.1 Å². The minimum absolute atomic E-state index is 0.0524. The van der Waals surface area contributed by atoms with Crippen LogP contribution in [0.3, 0.4) is 0 Å². The molecule has 1 heterocycles. The highest BCUT2D eigenvalue weighted by atomic mass is 32.1. The second-order valence-corrected chi connectivity index (χ2v) is 10.0. The maximum absolute atomic E-state index is 13.3. The van der Waals surface area contributed by atoms with Crippen LogP contribution in [-0.4, -0.2) is 39.9 Å². The van der Waals surface area contributed by atoms with Crippen molar-refractivity contribution >= 4 is 23.3 Å². The zero-order chi connectivity index (χ0) is 21.6. The molecule has 29 heavy (non-hydrogen) atoms. The summed E-state index contributed by atoms with van der Waals surface area (Å²) in [5, 5.41) is 2.97. The fraction of sp³-hybridized carbons (Fsp3) is 0.478. The van der Waals surface area contributed by atoms with E-state index in [1.165, 1.54) is 4.88 Å². The van der Waals surface area contributed by atoms with Gasteiger partial charge in [-0.25, -0.2) is 4.79 Å². The minimum Gasteiger partial charge on any atom is -0.333 e. The Labute approximate surface area is 178 Å². The molecule has 0 saturated heterocycles. The molecule has 0 aliphatic carbocycles. The summed E-state index contributed by atoms with van der Waals surface area (Å²) in [6.07, 6.45) is 0. The number of thiophene rings is 1. The Hall–Kier alpha value is -2.34. The zero-order valence-corrected chi connectivity index (χ0v) is 19.2. The normalized spacial score (nSPS) is 11.4. The maximum atomic E-state index is 13.3. The number of rotatable bonds is 7. The summed E-state index contributed by atoms with van der Waals surface area (Å²) in [5.74, 6) is -0.0577. The lowest BCUT2D eigenvalue weighted by Crippen LogP contribution is -2.53. The molecule has 0 unspecified atom stereocenters. The zero-order valence-electron chi connectivity index (χ0n) is 18.4. The van der Waals surface area contributed by atoms with Crippen LogP contribution in [0.25, 0.3) is 0 Å². The first-order valence-electron chi connectivity index (χ1n) is 10.0. The number of urea groups is 1. The van der Waals surface area contributed by atoms with E-state index < -0.39 is 0 Å². The second kappa shape index (κ2) is 9.92. The summed E-state index contributed by atoms with van der Waals surface area (Å²) in [4.78, 5) is 31.8. The Balaban J connectivity index is 2.18. The van der Waals surface area contributed by atoms with E-state index in [9.17, 15) is 9.59 Å². The lowest BCUT2D eigenvalue weighted by atomic mass is 10.1. The van der Waals surface area contributed by atoms with Gasteiger partial charge in [-0.15, -0.1) is 11.3 Å². The summed E-state index contributed by atoms with van der Waals surface area (Å²) in [5.41, 5.74) is 0.718. The van der Waals surface area contributed by atoms with E-state index in [0.717, 1.165) is 10.4 Å². The van der Waals surface area contributed by atoms with Gasteiger partial charge in [0.15, 0.2) is 0 Å². The van der Waals surface area contributed by atoms with Crippen LogP contribution in [0.15, 0.2) is 42.5 Å². The van der Waals surface area contributed by atoms with E-state index in [4.69, 9.17) is 0 Å². The van der Waals surface area contributed by atoms with Gasteiger partial charge in [0.05, 0.1) is 6.54 Å². The third-order valence-corrected chi connectivity index (χ3v) is 5.37. The van der Waals surface area contributed by atoms with Crippen molar-refractivity contribution in [2.24, 2.45) is 0 Å². The molecule has 2 rings (SSSR count). The van der Waals surface area contributed by atoms with Crippen LogP contribution in [0.5, 0.6) is 0 Å². The van der Waals surface area contributed by atoms with Crippen molar-refractivity contribution in [2.75, 3.05) is 6.54 Å². The molecule has 158 valence electrons. The van der Waals surface area contributed by atoms with Gasteiger partial charge in [-0.1, -0.05) is 30.3 Å². The molecule has 0 bridgehead atoms. The lowest BCUT2D eigenvalue weighted by molar-refractivity contribution is -0.133. The molecular weight excluding hydrogens is 382 g/mol. The Bertz CT molecular complexity index is 809. The first kappa shape index (κ1) is 22.9. The Kier molecular flexibility index (Phi) is 7.85. The molecule has 3 amide bonds. The van der Waals surface area contributed by atoms with Crippen molar-refractivity contribution in [1.82, 2.24) is 15.1 Å². The molecule has 0 fully saturated rings. The van der Waals surface area contributed by atoms with Gasteiger partial charge in [0.2, 0.25) is 5.91 Å². The highest BCUT2D eigenvalue weighted by Gasteiger charge is 2.26.